The number of para-hydroxylation sites is 2. The van der Waals surface area contributed by atoms with Gasteiger partial charge in [-0.2, -0.15) is 0 Å². The quantitative estimate of drug-likeness (QED) is 0.636. The second-order valence-corrected chi connectivity index (χ2v) is 8.78. The first-order valence-electron chi connectivity index (χ1n) is 9.77. The molecule has 0 fully saturated rings. The van der Waals surface area contributed by atoms with Crippen LogP contribution in [0.25, 0.3) is 0 Å². The molecule has 8 heteroatoms. The average molecular weight is 439 g/mol. The van der Waals surface area contributed by atoms with Crippen LogP contribution in [0.15, 0.2) is 77.7 Å². The van der Waals surface area contributed by atoms with E-state index in [9.17, 15) is 13.2 Å². The fraction of sp³-hybridized carbons (Fsp3) is 0.174. The van der Waals surface area contributed by atoms with Crippen LogP contribution in [0.3, 0.4) is 0 Å². The molecule has 1 amide bonds. The van der Waals surface area contributed by atoms with Crippen LogP contribution in [-0.4, -0.2) is 34.1 Å². The fourth-order valence-corrected chi connectivity index (χ4v) is 4.26. The molecular formula is C23H22N2O5S. The van der Waals surface area contributed by atoms with Crippen molar-refractivity contribution in [3.63, 3.8) is 0 Å². The lowest BCUT2D eigenvalue weighted by atomic mass is 10.2. The van der Waals surface area contributed by atoms with Crippen molar-refractivity contribution >= 4 is 27.3 Å². The van der Waals surface area contributed by atoms with Gasteiger partial charge in [-0.3, -0.25) is 9.52 Å². The number of anilines is 2. The van der Waals surface area contributed by atoms with Crippen molar-refractivity contribution in [3.05, 3.63) is 78.4 Å². The zero-order chi connectivity index (χ0) is 21.8. The maximum atomic E-state index is 12.6. The number of ether oxygens (including phenoxy) is 2. The Morgan fingerprint density at radius 1 is 1.03 bits per heavy atom. The van der Waals surface area contributed by atoms with Crippen LogP contribution < -0.4 is 19.1 Å². The number of sulfonamides is 1. The predicted molar refractivity (Wildman–Crippen MR) is 118 cm³/mol. The van der Waals surface area contributed by atoms with Crippen molar-refractivity contribution in [1.29, 1.82) is 0 Å². The number of nitrogens with one attached hydrogen (secondary N) is 1. The van der Waals surface area contributed by atoms with Gasteiger partial charge in [0, 0.05) is 5.69 Å². The molecule has 31 heavy (non-hydrogen) atoms. The van der Waals surface area contributed by atoms with Crippen LogP contribution in [0.1, 0.15) is 5.56 Å². The van der Waals surface area contributed by atoms with Crippen LogP contribution in [0, 0.1) is 6.92 Å². The molecule has 0 aliphatic carbocycles. The van der Waals surface area contributed by atoms with E-state index < -0.39 is 10.0 Å². The Labute approximate surface area is 181 Å². The molecule has 160 valence electrons. The van der Waals surface area contributed by atoms with Crippen LogP contribution >= 0.6 is 0 Å². The first-order chi connectivity index (χ1) is 14.9. The molecule has 0 saturated carbocycles. The highest BCUT2D eigenvalue weighted by Gasteiger charge is 2.23. The molecule has 3 aromatic rings. The summed E-state index contributed by atoms with van der Waals surface area (Å²) >= 11 is 0. The number of fused-ring (bicyclic) bond motifs is 1. The maximum absolute atomic E-state index is 12.6. The molecule has 0 atom stereocenters. The van der Waals surface area contributed by atoms with Gasteiger partial charge in [0.05, 0.1) is 17.1 Å². The van der Waals surface area contributed by atoms with Gasteiger partial charge in [-0.1, -0.05) is 29.8 Å². The summed E-state index contributed by atoms with van der Waals surface area (Å²) in [7, 11) is -3.72. The van der Waals surface area contributed by atoms with Crippen molar-refractivity contribution in [2.24, 2.45) is 0 Å². The van der Waals surface area contributed by atoms with E-state index in [1.165, 1.54) is 24.3 Å². The zero-order valence-corrected chi connectivity index (χ0v) is 17.8. The summed E-state index contributed by atoms with van der Waals surface area (Å²) in [5, 5.41) is 0. The first-order valence-corrected chi connectivity index (χ1v) is 11.3. The molecule has 3 aromatic carbocycles. The first kappa shape index (κ1) is 20.7. The molecule has 0 spiro atoms. The Bertz CT molecular complexity index is 1180. The lowest BCUT2D eigenvalue weighted by Crippen LogP contribution is -2.40. The second kappa shape index (κ2) is 8.69. The third-order valence-corrected chi connectivity index (χ3v) is 6.23. The monoisotopic (exact) mass is 438 g/mol. The molecule has 0 unspecified atom stereocenters. The average Bonchev–Trinajstić information content (AvgIpc) is 2.79. The molecule has 0 aromatic heterocycles. The molecule has 7 nitrogen and oxygen atoms in total. The van der Waals surface area contributed by atoms with Gasteiger partial charge in [-0.15, -0.1) is 0 Å². The van der Waals surface area contributed by atoms with Gasteiger partial charge < -0.3 is 14.4 Å². The highest BCUT2D eigenvalue weighted by Crippen LogP contribution is 2.31. The summed E-state index contributed by atoms with van der Waals surface area (Å²) in [6, 6.07) is 20.4. The molecule has 4 rings (SSSR count). The van der Waals surface area contributed by atoms with E-state index >= 15 is 0 Å². The van der Waals surface area contributed by atoms with Crippen molar-refractivity contribution in [2.75, 3.05) is 29.4 Å². The predicted octanol–water partition coefficient (Wildman–Crippen LogP) is 3.60. The Balaban J connectivity index is 1.39. The van der Waals surface area contributed by atoms with Gasteiger partial charge >= 0.3 is 0 Å². The second-order valence-electron chi connectivity index (χ2n) is 7.09. The highest BCUT2D eigenvalue weighted by atomic mass is 32.2. The molecule has 0 radical (unpaired) electrons. The van der Waals surface area contributed by atoms with Crippen molar-refractivity contribution in [3.8, 4) is 11.5 Å². The van der Waals surface area contributed by atoms with Crippen LogP contribution in [0.5, 0.6) is 11.5 Å². The number of hydrogen-bond donors (Lipinski definition) is 1. The van der Waals surface area contributed by atoms with Gasteiger partial charge in [0.25, 0.3) is 15.9 Å². The molecule has 1 aliphatic heterocycles. The summed E-state index contributed by atoms with van der Waals surface area (Å²) in [6.45, 7) is 2.63. The Kier molecular flexibility index (Phi) is 5.81. The number of carbonyl (C=O) groups excluding carboxylic acids is 1. The van der Waals surface area contributed by atoms with Gasteiger partial charge in [-0.05, 0) is 55.5 Å². The van der Waals surface area contributed by atoms with E-state index in [4.69, 9.17) is 9.47 Å². The van der Waals surface area contributed by atoms with Gasteiger partial charge in [0.2, 0.25) is 0 Å². The van der Waals surface area contributed by atoms with Gasteiger partial charge in [0.1, 0.15) is 18.1 Å². The number of rotatable bonds is 6. The van der Waals surface area contributed by atoms with E-state index in [-0.39, 0.29) is 17.4 Å². The van der Waals surface area contributed by atoms with Gasteiger partial charge in [-0.25, -0.2) is 8.42 Å². The molecular weight excluding hydrogens is 416 g/mol. The molecule has 0 bridgehead atoms. The van der Waals surface area contributed by atoms with Crippen molar-refractivity contribution in [1.82, 2.24) is 0 Å². The van der Waals surface area contributed by atoms with Crippen molar-refractivity contribution in [2.45, 2.75) is 11.8 Å². The number of aryl methyl sites for hydroxylation is 1. The minimum atomic E-state index is -3.72. The van der Waals surface area contributed by atoms with E-state index in [1.54, 1.807) is 17.0 Å². The van der Waals surface area contributed by atoms with Crippen LogP contribution in [0.4, 0.5) is 11.4 Å². The normalized spacial score (nSPS) is 13.1. The molecule has 1 heterocycles. The zero-order valence-electron chi connectivity index (χ0n) is 16.9. The Morgan fingerprint density at radius 2 is 1.74 bits per heavy atom. The lowest BCUT2D eigenvalue weighted by molar-refractivity contribution is -0.120. The number of benzene rings is 3. The summed E-state index contributed by atoms with van der Waals surface area (Å²) in [5.74, 6) is 0.871. The Hall–Kier alpha value is -3.52. The van der Waals surface area contributed by atoms with Crippen LogP contribution in [0.2, 0.25) is 0 Å². The van der Waals surface area contributed by atoms with E-state index in [0.29, 0.717) is 36.0 Å². The minimum Gasteiger partial charge on any atom is -0.490 e. The number of amides is 1. The van der Waals surface area contributed by atoms with Crippen LogP contribution in [-0.2, 0) is 14.8 Å². The third-order valence-electron chi connectivity index (χ3n) is 4.83. The van der Waals surface area contributed by atoms with E-state index in [0.717, 1.165) is 5.56 Å². The van der Waals surface area contributed by atoms with E-state index in [2.05, 4.69) is 4.72 Å². The number of carbonyl (C=O) groups is 1. The van der Waals surface area contributed by atoms with Crippen molar-refractivity contribution < 1.29 is 22.7 Å². The number of nitrogens with zero attached hydrogens (tertiary/aromatic N) is 1. The largest absolute Gasteiger partial charge is 0.490 e. The minimum absolute atomic E-state index is 0.105. The molecule has 1 N–H and O–H groups in total. The highest BCUT2D eigenvalue weighted by molar-refractivity contribution is 7.92. The fourth-order valence-electron chi connectivity index (χ4n) is 3.20. The Morgan fingerprint density at radius 3 is 2.48 bits per heavy atom. The standard InChI is InChI=1S/C23H22N2O5S/c1-17-6-8-18(9-7-17)24-31(27,28)20-12-10-19(11-13-20)30-16-23(26)25-14-15-29-22-5-3-2-4-21(22)25/h2-13,24H,14-16H2,1H3. The molecule has 1 aliphatic rings. The number of hydrogen-bond acceptors (Lipinski definition) is 5. The lowest BCUT2D eigenvalue weighted by Gasteiger charge is -2.29. The van der Waals surface area contributed by atoms with E-state index in [1.807, 2.05) is 43.3 Å². The molecule has 0 saturated heterocycles. The van der Waals surface area contributed by atoms with Gasteiger partial charge in [0.15, 0.2) is 6.61 Å². The summed E-state index contributed by atoms with van der Waals surface area (Å²) < 4.78 is 38.8. The summed E-state index contributed by atoms with van der Waals surface area (Å²) in [6.07, 6.45) is 0. The summed E-state index contributed by atoms with van der Waals surface area (Å²) in [4.78, 5) is 14.4. The topological polar surface area (TPSA) is 84.9 Å². The summed E-state index contributed by atoms with van der Waals surface area (Å²) in [5.41, 5.74) is 2.24. The smallest absolute Gasteiger partial charge is 0.265 e. The maximum Gasteiger partial charge on any atom is 0.265 e. The third kappa shape index (κ3) is 4.80. The SMILES string of the molecule is Cc1ccc(NS(=O)(=O)c2ccc(OCC(=O)N3CCOc4ccccc43)cc2)cc1.